The van der Waals surface area contributed by atoms with Gasteiger partial charge in [-0.25, -0.2) is 8.78 Å². The van der Waals surface area contributed by atoms with E-state index in [1.807, 2.05) is 26.0 Å². The number of benzene rings is 8. The summed E-state index contributed by atoms with van der Waals surface area (Å²) < 4.78 is 43.2. The number of para-hydroxylation sites is 1. The quantitative estimate of drug-likeness (QED) is 0.0842. The smallest absolute Gasteiger partial charge is 0.237 e. The van der Waals surface area contributed by atoms with Crippen molar-refractivity contribution in [1.29, 1.82) is 0 Å². The van der Waals surface area contributed by atoms with Crippen LogP contribution in [0.4, 0.5) is 8.78 Å². The number of phenols is 2. The molecule has 0 aliphatic rings. The van der Waals surface area contributed by atoms with Crippen molar-refractivity contribution < 1.29 is 27.7 Å². The maximum absolute atomic E-state index is 16.4. The third-order valence-electron chi connectivity index (χ3n) is 18.6. The van der Waals surface area contributed by atoms with Crippen LogP contribution >= 0.6 is 0 Å². The molecule has 10 rings (SSSR count). The Kier molecular flexibility index (Phi) is 16.9. The second kappa shape index (κ2) is 23.2. The van der Waals surface area contributed by atoms with E-state index < -0.39 is 17.0 Å². The lowest BCUT2D eigenvalue weighted by Crippen LogP contribution is -2.25. The summed E-state index contributed by atoms with van der Waals surface area (Å²) in [6.07, 6.45) is 2.14. The maximum atomic E-state index is 16.4. The monoisotopic (exact) mass is 1230 g/mol. The van der Waals surface area contributed by atoms with Gasteiger partial charge in [0.15, 0.2) is 13.2 Å². The van der Waals surface area contributed by atoms with Crippen molar-refractivity contribution in [2.24, 2.45) is 10.8 Å². The number of rotatable bonds is 14. The lowest BCUT2D eigenvalue weighted by Gasteiger charge is -2.35. The zero-order valence-electron chi connectivity index (χ0n) is 58.4. The SMILES string of the molecule is [CH2-][O+](CCC[O+]([CH2-])c1c(C)cc(F)cc1-c1cc(C(C)(C)CC(C)(C)C)cc(-n2c3cc(C(C)(C)C)ccc3c3ccc(C(C)(C)C)cc32)c1O)c1c(C)cc(F)cc1-c1cc(C(C)(C)CC(C)(C)C)cc(-n2c3ccccc3c3ccc(C(C)(C)C)cc32)c1O. The van der Waals surface area contributed by atoms with Crippen molar-refractivity contribution in [1.82, 2.24) is 9.13 Å². The summed E-state index contributed by atoms with van der Waals surface area (Å²) in [5.41, 5.74) is 12.5. The van der Waals surface area contributed by atoms with Crippen LogP contribution in [-0.2, 0) is 35.8 Å². The van der Waals surface area contributed by atoms with Crippen LogP contribution in [0.1, 0.15) is 190 Å². The van der Waals surface area contributed by atoms with Gasteiger partial charge in [-0.3, -0.25) is 0 Å². The average Bonchev–Trinajstić information content (AvgIpc) is 1.64. The lowest BCUT2D eigenvalue weighted by atomic mass is 9.71. The van der Waals surface area contributed by atoms with E-state index >= 15 is 8.78 Å². The molecule has 0 unspecified atom stereocenters. The molecule has 0 aliphatic carbocycles. The summed E-state index contributed by atoms with van der Waals surface area (Å²) >= 11 is 0. The first-order valence-corrected chi connectivity index (χ1v) is 32.6. The Balaban J connectivity index is 1.09. The summed E-state index contributed by atoms with van der Waals surface area (Å²) in [7, 11) is 9.17. The highest BCUT2D eigenvalue weighted by molar-refractivity contribution is 6.11. The van der Waals surface area contributed by atoms with Crippen LogP contribution in [0.3, 0.4) is 0 Å². The van der Waals surface area contributed by atoms with E-state index in [9.17, 15) is 10.2 Å². The number of aryl methyl sites for hydroxylation is 2. The molecule has 0 fully saturated rings. The number of hydrogen-bond acceptors (Lipinski definition) is 2. The molecule has 0 amide bonds. The predicted molar refractivity (Wildman–Crippen MR) is 382 cm³/mol. The van der Waals surface area contributed by atoms with E-state index in [4.69, 9.17) is 0 Å². The molecule has 0 aliphatic heterocycles. The van der Waals surface area contributed by atoms with Gasteiger partial charge in [0.1, 0.15) is 29.6 Å². The Morgan fingerprint density at radius 3 is 1.05 bits per heavy atom. The second-order valence-corrected chi connectivity index (χ2v) is 33.1. The summed E-state index contributed by atoms with van der Waals surface area (Å²) in [4.78, 5) is 0. The zero-order valence-corrected chi connectivity index (χ0v) is 58.4. The Morgan fingerprint density at radius 1 is 0.385 bits per heavy atom. The van der Waals surface area contributed by atoms with E-state index in [2.05, 4.69) is 255 Å². The number of nitrogens with zero attached hydrogens (tertiary/aromatic N) is 2. The Labute approximate surface area is 542 Å². The highest BCUT2D eigenvalue weighted by atomic mass is 19.1. The number of hydrogen-bond donors (Lipinski definition) is 2. The van der Waals surface area contributed by atoms with Gasteiger partial charge in [-0.1, -0.05) is 186 Å². The normalized spacial score (nSPS) is 13.2. The molecule has 480 valence electrons. The minimum atomic E-state index is -0.434. The van der Waals surface area contributed by atoms with Crippen LogP contribution in [-0.4, -0.2) is 32.6 Å². The minimum Gasteiger partial charge on any atom is -0.711 e. The van der Waals surface area contributed by atoms with Crippen LogP contribution in [0.5, 0.6) is 23.0 Å². The van der Waals surface area contributed by atoms with Gasteiger partial charge in [0.2, 0.25) is 11.5 Å². The van der Waals surface area contributed by atoms with Crippen molar-refractivity contribution in [3.63, 3.8) is 0 Å². The van der Waals surface area contributed by atoms with Gasteiger partial charge in [0.25, 0.3) is 0 Å². The van der Waals surface area contributed by atoms with Crippen molar-refractivity contribution >= 4 is 43.6 Å². The molecule has 2 aromatic heterocycles. The first-order chi connectivity index (χ1) is 42.0. The average molecular weight is 1230 g/mol. The fraction of sp³-hybridized carbons (Fsp3) is 0.398. The number of fused-ring (bicyclic) bond motifs is 6. The molecule has 0 bridgehead atoms. The molecule has 0 saturated heterocycles. The van der Waals surface area contributed by atoms with Crippen molar-refractivity contribution in [3.05, 3.63) is 192 Å². The fourth-order valence-corrected chi connectivity index (χ4v) is 14.8. The van der Waals surface area contributed by atoms with E-state index in [-0.39, 0.29) is 44.0 Å². The van der Waals surface area contributed by atoms with Crippen LogP contribution in [0.15, 0.2) is 127 Å². The third kappa shape index (κ3) is 13.0. The van der Waals surface area contributed by atoms with Crippen molar-refractivity contribution in [2.75, 3.05) is 13.2 Å². The molecule has 6 nitrogen and oxygen atoms in total. The van der Waals surface area contributed by atoms with Crippen LogP contribution in [0, 0.1) is 50.5 Å². The molecule has 8 heteroatoms. The van der Waals surface area contributed by atoms with E-state index in [0.29, 0.717) is 75.9 Å². The van der Waals surface area contributed by atoms with Gasteiger partial charge in [0, 0.05) is 43.8 Å². The molecular formula is C83H100F2N2O4. The minimum absolute atomic E-state index is 0.0258. The molecule has 8 aromatic carbocycles. The third-order valence-corrected chi connectivity index (χ3v) is 18.6. The molecule has 91 heavy (non-hydrogen) atoms. The van der Waals surface area contributed by atoms with Crippen LogP contribution < -0.4 is 0 Å². The molecule has 0 atom stereocenters. The summed E-state index contributed by atoms with van der Waals surface area (Å²) in [5.74, 6) is 0.392. The van der Waals surface area contributed by atoms with Crippen molar-refractivity contribution in [3.8, 4) is 56.6 Å². The van der Waals surface area contributed by atoms with E-state index in [1.165, 1.54) is 41.0 Å². The lowest BCUT2D eigenvalue weighted by molar-refractivity contribution is -0.0170. The first-order valence-electron chi connectivity index (χ1n) is 32.6. The van der Waals surface area contributed by atoms with Crippen molar-refractivity contribution in [2.45, 2.75) is 192 Å². The van der Waals surface area contributed by atoms with Gasteiger partial charge in [-0.15, -0.1) is 0 Å². The standard InChI is InChI=1S/C83H100F2N2O4/c1-50-37-57(84)46-65(63-39-55(82(18,19)48-77(3,4)5)44-71(73(63)88)86-67-28-25-24-27-59(67)60-32-29-52(41-68(60)86)79(9,10)11)75(50)90(22)35-26-36-91(23)76-51(2)38-58(85)47-66(76)64-40-56(83(20,21)49-78(6,7)8)45-72(74(64)89)87-69-42-53(80(12,13)14)30-33-61(69)62-34-31-54(43-70(62)87)81(15,16)17/h24-25,27-34,37-47,88-89H,22-23,26,35-36,48-49H2,1-21H3. The van der Waals surface area contributed by atoms with Gasteiger partial charge >= 0.3 is 0 Å². The fourth-order valence-electron chi connectivity index (χ4n) is 14.8. The molecule has 2 N–H and O–H groups in total. The number of halogens is 2. The summed E-state index contributed by atoms with van der Waals surface area (Å²) in [5, 5.41) is 30.8. The molecule has 0 saturated carbocycles. The van der Waals surface area contributed by atoms with E-state index in [1.54, 1.807) is 0 Å². The number of aromatic nitrogens is 2. The Morgan fingerprint density at radius 2 is 0.714 bits per heavy atom. The van der Waals surface area contributed by atoms with Gasteiger partial charge < -0.3 is 28.1 Å². The Hall–Kier alpha value is -7.58. The Bertz CT molecular complexity index is 4390. The largest absolute Gasteiger partial charge is 0.711 e. The summed E-state index contributed by atoms with van der Waals surface area (Å²) in [6, 6.07) is 42.8. The molecule has 0 spiro atoms. The summed E-state index contributed by atoms with van der Waals surface area (Å²) in [6.45, 7) is 46.9. The highest BCUT2D eigenvalue weighted by Crippen LogP contribution is 2.53. The van der Waals surface area contributed by atoms with Gasteiger partial charge in [-0.05, 0) is 179 Å². The molecule has 10 aromatic rings. The first kappa shape index (κ1) is 66.3. The van der Waals surface area contributed by atoms with Crippen LogP contribution in [0.25, 0.3) is 77.2 Å². The van der Waals surface area contributed by atoms with Gasteiger partial charge in [0.05, 0.1) is 44.6 Å². The molecule has 0 radical (unpaired) electrons. The van der Waals surface area contributed by atoms with E-state index in [0.717, 1.165) is 67.6 Å². The molecular weight excluding hydrogens is 1130 g/mol. The zero-order chi connectivity index (χ0) is 66.8. The molecule has 2 heterocycles. The highest BCUT2D eigenvalue weighted by Gasteiger charge is 2.35. The number of phenolic OH excluding ortho intramolecular Hbond substituents is 2. The maximum Gasteiger partial charge on any atom is 0.237 e. The van der Waals surface area contributed by atoms with Gasteiger partial charge in [-0.2, -0.15) is 0 Å². The van der Waals surface area contributed by atoms with Crippen LogP contribution in [0.2, 0.25) is 0 Å². The number of aromatic hydroxyl groups is 2. The second-order valence-electron chi connectivity index (χ2n) is 33.1. The predicted octanol–water partition coefficient (Wildman–Crippen LogP) is 24.0. The topological polar surface area (TPSA) is 55.7 Å².